The van der Waals surface area contributed by atoms with Crippen molar-refractivity contribution in [2.45, 2.75) is 11.5 Å². The van der Waals surface area contributed by atoms with Crippen LogP contribution in [0.1, 0.15) is 5.56 Å². The minimum absolute atomic E-state index is 0.0661. The Hall–Kier alpha value is -2.25. The maximum absolute atomic E-state index is 12.4. The maximum atomic E-state index is 12.4. The van der Waals surface area contributed by atoms with Crippen LogP contribution in [0.4, 0.5) is 5.69 Å². The van der Waals surface area contributed by atoms with Crippen LogP contribution in [0.3, 0.4) is 0 Å². The van der Waals surface area contributed by atoms with E-state index in [-0.39, 0.29) is 11.5 Å². The fourth-order valence-electron chi connectivity index (χ4n) is 1.88. The number of aliphatic hydroxyl groups excluding tert-OH is 1. The Kier molecular flexibility index (Phi) is 4.89. The van der Waals surface area contributed by atoms with E-state index in [4.69, 9.17) is 14.6 Å². The minimum Gasteiger partial charge on any atom is -0.493 e. The summed E-state index contributed by atoms with van der Waals surface area (Å²) < 4.78 is 37.4. The van der Waals surface area contributed by atoms with Gasteiger partial charge in [-0.1, -0.05) is 12.1 Å². The SMILES string of the molecule is COc1ccc(S(=O)(=O)Nc2ccc(CO)cc2)cc1OC. The minimum atomic E-state index is -3.74. The lowest BCUT2D eigenvalue weighted by Gasteiger charge is -2.12. The Morgan fingerprint density at radius 1 is 1.00 bits per heavy atom. The molecule has 0 bridgehead atoms. The quantitative estimate of drug-likeness (QED) is 0.849. The highest BCUT2D eigenvalue weighted by molar-refractivity contribution is 7.92. The molecular formula is C15H17NO5S. The van der Waals surface area contributed by atoms with Crippen molar-refractivity contribution in [3.63, 3.8) is 0 Å². The van der Waals surface area contributed by atoms with Crippen LogP contribution < -0.4 is 14.2 Å². The van der Waals surface area contributed by atoms with Gasteiger partial charge in [0, 0.05) is 11.8 Å². The van der Waals surface area contributed by atoms with Gasteiger partial charge < -0.3 is 14.6 Å². The highest BCUT2D eigenvalue weighted by atomic mass is 32.2. The lowest BCUT2D eigenvalue weighted by molar-refractivity contribution is 0.282. The molecule has 0 spiro atoms. The van der Waals surface area contributed by atoms with Crippen molar-refractivity contribution in [3.05, 3.63) is 48.0 Å². The van der Waals surface area contributed by atoms with E-state index in [2.05, 4.69) is 4.72 Å². The zero-order chi connectivity index (χ0) is 16.2. The van der Waals surface area contributed by atoms with E-state index in [1.807, 2.05) is 0 Å². The van der Waals surface area contributed by atoms with Gasteiger partial charge in [-0.3, -0.25) is 4.72 Å². The Balaban J connectivity index is 2.29. The van der Waals surface area contributed by atoms with Gasteiger partial charge in [0.1, 0.15) is 0 Å². The van der Waals surface area contributed by atoms with Crippen molar-refractivity contribution < 1.29 is 23.0 Å². The molecule has 22 heavy (non-hydrogen) atoms. The van der Waals surface area contributed by atoms with Crippen molar-refractivity contribution >= 4 is 15.7 Å². The standard InChI is InChI=1S/C15H17NO5S/c1-20-14-8-7-13(9-15(14)21-2)22(18,19)16-12-5-3-11(10-17)4-6-12/h3-9,16-17H,10H2,1-2H3. The first-order valence-corrected chi connectivity index (χ1v) is 7.93. The molecule has 0 saturated carbocycles. The van der Waals surface area contributed by atoms with Crippen LogP contribution in [0, 0.1) is 0 Å². The second kappa shape index (κ2) is 6.67. The number of ether oxygens (including phenoxy) is 2. The summed E-state index contributed by atoms with van der Waals surface area (Å²) in [6, 6.07) is 10.8. The van der Waals surface area contributed by atoms with E-state index in [0.29, 0.717) is 22.7 Å². The summed E-state index contributed by atoms with van der Waals surface area (Å²) in [6.07, 6.45) is 0. The predicted octanol–water partition coefficient (Wildman–Crippen LogP) is 2.00. The fraction of sp³-hybridized carbons (Fsp3) is 0.200. The van der Waals surface area contributed by atoms with Gasteiger partial charge in [-0.05, 0) is 29.8 Å². The number of hydrogen-bond donors (Lipinski definition) is 2. The molecule has 0 fully saturated rings. The molecule has 7 heteroatoms. The number of sulfonamides is 1. The van der Waals surface area contributed by atoms with Gasteiger partial charge >= 0.3 is 0 Å². The summed E-state index contributed by atoms with van der Waals surface area (Å²) in [5.41, 5.74) is 1.11. The lowest BCUT2D eigenvalue weighted by atomic mass is 10.2. The summed E-state index contributed by atoms with van der Waals surface area (Å²) >= 11 is 0. The number of methoxy groups -OCH3 is 2. The Labute approximate surface area is 129 Å². The Morgan fingerprint density at radius 3 is 2.18 bits per heavy atom. The number of nitrogens with one attached hydrogen (secondary N) is 1. The zero-order valence-electron chi connectivity index (χ0n) is 12.2. The molecular weight excluding hydrogens is 306 g/mol. The lowest BCUT2D eigenvalue weighted by Crippen LogP contribution is -2.13. The van der Waals surface area contributed by atoms with Gasteiger partial charge in [-0.15, -0.1) is 0 Å². The molecule has 2 rings (SSSR count). The molecule has 0 heterocycles. The molecule has 0 atom stereocenters. The molecule has 0 aliphatic rings. The highest BCUT2D eigenvalue weighted by Crippen LogP contribution is 2.30. The average Bonchev–Trinajstić information content (AvgIpc) is 2.54. The van der Waals surface area contributed by atoms with Gasteiger partial charge in [0.2, 0.25) is 0 Å². The summed E-state index contributed by atoms with van der Waals surface area (Å²) in [6.45, 7) is -0.0945. The van der Waals surface area contributed by atoms with E-state index in [1.54, 1.807) is 24.3 Å². The first-order valence-electron chi connectivity index (χ1n) is 6.45. The van der Waals surface area contributed by atoms with Crippen LogP contribution in [0.25, 0.3) is 0 Å². The van der Waals surface area contributed by atoms with Crippen LogP contribution in [0.5, 0.6) is 11.5 Å². The first-order chi connectivity index (χ1) is 10.5. The molecule has 118 valence electrons. The van der Waals surface area contributed by atoms with Crippen LogP contribution in [-0.4, -0.2) is 27.7 Å². The molecule has 6 nitrogen and oxygen atoms in total. The zero-order valence-corrected chi connectivity index (χ0v) is 13.1. The normalized spacial score (nSPS) is 11.0. The van der Waals surface area contributed by atoms with Gasteiger partial charge in [0.15, 0.2) is 11.5 Å². The van der Waals surface area contributed by atoms with Gasteiger partial charge in [-0.2, -0.15) is 0 Å². The fourth-order valence-corrected chi connectivity index (χ4v) is 2.95. The number of hydrogen-bond acceptors (Lipinski definition) is 5. The van der Waals surface area contributed by atoms with Crippen LogP contribution in [0.2, 0.25) is 0 Å². The smallest absolute Gasteiger partial charge is 0.262 e. The summed E-state index contributed by atoms with van der Waals surface area (Å²) in [4.78, 5) is 0.0661. The third kappa shape index (κ3) is 3.49. The van der Waals surface area contributed by atoms with Gasteiger partial charge in [-0.25, -0.2) is 8.42 Å². The van der Waals surface area contributed by atoms with E-state index in [1.165, 1.54) is 32.4 Å². The summed E-state index contributed by atoms with van der Waals surface area (Å²) in [7, 11) is -0.820. The highest BCUT2D eigenvalue weighted by Gasteiger charge is 2.17. The van der Waals surface area contributed by atoms with Crippen molar-refractivity contribution in [1.29, 1.82) is 0 Å². The first kappa shape index (κ1) is 16.1. The molecule has 0 aliphatic heterocycles. The second-order valence-electron chi connectivity index (χ2n) is 4.48. The number of rotatable bonds is 6. The van der Waals surface area contributed by atoms with Crippen LogP contribution >= 0.6 is 0 Å². The second-order valence-corrected chi connectivity index (χ2v) is 6.16. The largest absolute Gasteiger partial charge is 0.493 e. The Morgan fingerprint density at radius 2 is 1.64 bits per heavy atom. The number of aliphatic hydroxyl groups is 1. The topological polar surface area (TPSA) is 84.9 Å². The molecule has 0 aromatic heterocycles. The summed E-state index contributed by atoms with van der Waals surface area (Å²) in [5.74, 6) is 0.787. The summed E-state index contributed by atoms with van der Waals surface area (Å²) in [5, 5.41) is 8.98. The third-order valence-electron chi connectivity index (χ3n) is 3.05. The van der Waals surface area contributed by atoms with E-state index < -0.39 is 10.0 Å². The van der Waals surface area contributed by atoms with E-state index >= 15 is 0 Å². The van der Waals surface area contributed by atoms with Gasteiger partial charge in [0.05, 0.1) is 25.7 Å². The molecule has 2 aromatic rings. The molecule has 2 N–H and O–H groups in total. The molecule has 2 aromatic carbocycles. The van der Waals surface area contributed by atoms with Crippen LogP contribution in [-0.2, 0) is 16.6 Å². The maximum Gasteiger partial charge on any atom is 0.262 e. The number of anilines is 1. The van der Waals surface area contributed by atoms with Crippen molar-refractivity contribution in [1.82, 2.24) is 0 Å². The van der Waals surface area contributed by atoms with E-state index in [0.717, 1.165) is 0 Å². The molecule has 0 unspecified atom stereocenters. The predicted molar refractivity (Wildman–Crippen MR) is 82.7 cm³/mol. The van der Waals surface area contributed by atoms with Crippen molar-refractivity contribution in [2.24, 2.45) is 0 Å². The monoisotopic (exact) mass is 323 g/mol. The third-order valence-corrected chi connectivity index (χ3v) is 4.43. The molecule has 0 saturated heterocycles. The molecule has 0 aliphatic carbocycles. The number of benzene rings is 2. The van der Waals surface area contributed by atoms with Gasteiger partial charge in [0.25, 0.3) is 10.0 Å². The van der Waals surface area contributed by atoms with Crippen molar-refractivity contribution in [2.75, 3.05) is 18.9 Å². The van der Waals surface area contributed by atoms with Crippen molar-refractivity contribution in [3.8, 4) is 11.5 Å². The molecule has 0 radical (unpaired) electrons. The Bertz CT molecular complexity index is 741. The molecule has 0 amide bonds. The van der Waals surface area contributed by atoms with E-state index in [9.17, 15) is 8.42 Å². The average molecular weight is 323 g/mol. The van der Waals surface area contributed by atoms with Crippen LogP contribution in [0.15, 0.2) is 47.4 Å².